The summed E-state index contributed by atoms with van der Waals surface area (Å²) in [6, 6.07) is 2.87. The number of nitriles is 1. The van der Waals surface area contributed by atoms with Crippen LogP contribution in [0.1, 0.15) is 17.3 Å². The highest BCUT2D eigenvalue weighted by Crippen LogP contribution is 2.12. The van der Waals surface area contributed by atoms with E-state index in [0.29, 0.717) is 5.02 Å². The third-order valence-corrected chi connectivity index (χ3v) is 1.88. The first kappa shape index (κ1) is 10.5. The molecule has 72 valence electrons. The Balaban J connectivity index is 2.81. The molecule has 0 spiro atoms. The highest BCUT2D eigenvalue weighted by molar-refractivity contribution is 6.33. The first-order chi connectivity index (χ1) is 6.65. The maximum Gasteiger partial charge on any atom is 0.255 e. The lowest BCUT2D eigenvalue weighted by Gasteiger charge is -2.06. The van der Waals surface area contributed by atoms with Crippen LogP contribution in [0.5, 0.6) is 0 Å². The van der Waals surface area contributed by atoms with Gasteiger partial charge in [-0.15, -0.1) is 0 Å². The van der Waals surface area contributed by atoms with Crippen molar-refractivity contribution in [3.05, 3.63) is 29.0 Å². The minimum absolute atomic E-state index is 0.274. The van der Waals surface area contributed by atoms with Gasteiger partial charge in [-0.2, -0.15) is 5.26 Å². The molecule has 0 saturated heterocycles. The molecule has 0 aliphatic rings. The molecule has 14 heavy (non-hydrogen) atoms. The fourth-order valence-corrected chi connectivity index (χ4v) is 1.04. The fraction of sp³-hybridized carbons (Fsp3) is 0.222. The van der Waals surface area contributed by atoms with Crippen LogP contribution in [0.3, 0.4) is 0 Å². The Hall–Kier alpha value is -1.60. The third kappa shape index (κ3) is 2.44. The number of hydrogen-bond donors (Lipinski definition) is 1. The molecule has 1 rings (SSSR count). The second-order valence-corrected chi connectivity index (χ2v) is 3.09. The van der Waals surface area contributed by atoms with Crippen molar-refractivity contribution in [1.29, 1.82) is 5.26 Å². The summed E-state index contributed by atoms with van der Waals surface area (Å²) < 4.78 is 0. The Kier molecular flexibility index (Phi) is 3.43. The second kappa shape index (κ2) is 4.58. The number of halogens is 1. The Morgan fingerprint density at radius 1 is 1.79 bits per heavy atom. The van der Waals surface area contributed by atoms with Crippen LogP contribution in [-0.2, 0) is 0 Å². The van der Waals surface area contributed by atoms with Gasteiger partial charge in [-0.05, 0) is 13.0 Å². The van der Waals surface area contributed by atoms with Crippen molar-refractivity contribution < 1.29 is 4.79 Å². The largest absolute Gasteiger partial charge is 0.336 e. The van der Waals surface area contributed by atoms with Gasteiger partial charge >= 0.3 is 0 Å². The van der Waals surface area contributed by atoms with E-state index in [2.05, 4.69) is 10.3 Å². The van der Waals surface area contributed by atoms with Crippen LogP contribution in [0.2, 0.25) is 5.02 Å². The zero-order valence-corrected chi connectivity index (χ0v) is 8.25. The molecular weight excluding hydrogens is 202 g/mol. The number of nitrogens with one attached hydrogen (secondary N) is 1. The van der Waals surface area contributed by atoms with Gasteiger partial charge in [0.25, 0.3) is 5.91 Å². The smallest absolute Gasteiger partial charge is 0.255 e. The standard InChI is InChI=1S/C9H8ClN3O/c1-6(4-11)13-9(14)7-5-12-3-2-8(7)10/h2-3,5-6H,1H3,(H,13,14). The molecule has 1 amide bonds. The maximum absolute atomic E-state index is 11.4. The van der Waals surface area contributed by atoms with Gasteiger partial charge in [0.05, 0.1) is 16.7 Å². The number of rotatable bonds is 2. The molecule has 0 aliphatic heterocycles. The summed E-state index contributed by atoms with van der Waals surface area (Å²) in [5.41, 5.74) is 0.274. The van der Waals surface area contributed by atoms with Crippen LogP contribution in [0.25, 0.3) is 0 Å². The number of hydrogen-bond acceptors (Lipinski definition) is 3. The molecule has 1 atom stereocenters. The maximum atomic E-state index is 11.4. The van der Waals surface area contributed by atoms with Crippen LogP contribution in [0, 0.1) is 11.3 Å². The van der Waals surface area contributed by atoms with E-state index < -0.39 is 11.9 Å². The topological polar surface area (TPSA) is 65.8 Å². The molecule has 0 fully saturated rings. The van der Waals surface area contributed by atoms with Crippen molar-refractivity contribution in [1.82, 2.24) is 10.3 Å². The lowest BCUT2D eigenvalue weighted by atomic mass is 10.2. The minimum Gasteiger partial charge on any atom is -0.336 e. The van der Waals surface area contributed by atoms with Gasteiger partial charge in [0.2, 0.25) is 0 Å². The van der Waals surface area contributed by atoms with E-state index >= 15 is 0 Å². The molecule has 0 bridgehead atoms. The number of pyridine rings is 1. The van der Waals surface area contributed by atoms with Crippen LogP contribution >= 0.6 is 11.6 Å². The first-order valence-electron chi connectivity index (χ1n) is 3.95. The van der Waals surface area contributed by atoms with Crippen LogP contribution in [0.15, 0.2) is 18.5 Å². The third-order valence-electron chi connectivity index (χ3n) is 1.55. The fourth-order valence-electron chi connectivity index (χ4n) is 0.851. The summed E-state index contributed by atoms with van der Waals surface area (Å²) >= 11 is 5.76. The van der Waals surface area contributed by atoms with Crippen molar-refractivity contribution >= 4 is 17.5 Å². The van der Waals surface area contributed by atoms with Gasteiger partial charge in [-0.1, -0.05) is 11.6 Å². The van der Waals surface area contributed by atoms with Crippen molar-refractivity contribution in [2.75, 3.05) is 0 Å². The summed E-state index contributed by atoms with van der Waals surface area (Å²) in [6.45, 7) is 1.59. The van der Waals surface area contributed by atoms with Crippen LogP contribution < -0.4 is 5.32 Å². The first-order valence-corrected chi connectivity index (χ1v) is 4.33. The summed E-state index contributed by atoms with van der Waals surface area (Å²) in [4.78, 5) is 15.2. The molecule has 4 nitrogen and oxygen atoms in total. The highest BCUT2D eigenvalue weighted by atomic mass is 35.5. The molecular formula is C9H8ClN3O. The molecule has 5 heteroatoms. The average molecular weight is 210 g/mol. The molecule has 0 saturated carbocycles. The van der Waals surface area contributed by atoms with Crippen molar-refractivity contribution in [3.8, 4) is 6.07 Å². The Morgan fingerprint density at radius 2 is 2.50 bits per heavy atom. The number of nitrogens with zero attached hydrogens (tertiary/aromatic N) is 2. The van der Waals surface area contributed by atoms with Crippen molar-refractivity contribution in [3.63, 3.8) is 0 Å². The molecule has 1 aromatic rings. The van der Waals surface area contributed by atoms with Gasteiger partial charge in [0, 0.05) is 12.4 Å². The van der Waals surface area contributed by atoms with E-state index in [1.165, 1.54) is 18.5 Å². The van der Waals surface area contributed by atoms with Crippen molar-refractivity contribution in [2.45, 2.75) is 13.0 Å². The molecule has 1 heterocycles. The van der Waals surface area contributed by atoms with Gasteiger partial charge in [0.15, 0.2) is 0 Å². The monoisotopic (exact) mass is 209 g/mol. The highest BCUT2D eigenvalue weighted by Gasteiger charge is 2.11. The molecule has 0 aliphatic carbocycles. The van der Waals surface area contributed by atoms with Crippen LogP contribution in [-0.4, -0.2) is 16.9 Å². The number of carbonyl (C=O) groups excluding carboxylic acids is 1. The summed E-state index contributed by atoms with van der Waals surface area (Å²) in [6.07, 6.45) is 2.86. The van der Waals surface area contributed by atoms with Gasteiger partial charge in [-0.25, -0.2) is 0 Å². The average Bonchev–Trinajstić information content (AvgIpc) is 2.18. The quantitative estimate of drug-likeness (QED) is 0.800. The number of amides is 1. The summed E-state index contributed by atoms with van der Waals surface area (Å²) in [5.74, 6) is -0.392. The van der Waals surface area contributed by atoms with Gasteiger partial charge in [-0.3, -0.25) is 9.78 Å². The molecule has 1 aromatic heterocycles. The Bertz CT molecular complexity index is 386. The molecule has 0 aromatic carbocycles. The number of carbonyl (C=O) groups is 1. The van der Waals surface area contributed by atoms with Gasteiger partial charge < -0.3 is 5.32 Å². The zero-order valence-electron chi connectivity index (χ0n) is 7.49. The zero-order chi connectivity index (χ0) is 10.6. The number of aromatic nitrogens is 1. The molecule has 0 radical (unpaired) electrons. The predicted octanol–water partition coefficient (Wildman–Crippen LogP) is 1.38. The van der Waals surface area contributed by atoms with E-state index in [1.807, 2.05) is 6.07 Å². The van der Waals surface area contributed by atoms with Crippen molar-refractivity contribution in [2.24, 2.45) is 0 Å². The predicted molar refractivity (Wildman–Crippen MR) is 51.8 cm³/mol. The van der Waals surface area contributed by atoms with Gasteiger partial charge in [0.1, 0.15) is 6.04 Å². The van der Waals surface area contributed by atoms with Crippen LogP contribution in [0.4, 0.5) is 0 Å². The van der Waals surface area contributed by atoms with E-state index in [0.717, 1.165) is 0 Å². The lowest BCUT2D eigenvalue weighted by Crippen LogP contribution is -2.31. The SMILES string of the molecule is CC(C#N)NC(=O)c1cnccc1Cl. The summed E-state index contributed by atoms with van der Waals surface area (Å²) in [5, 5.41) is 11.3. The Labute approximate surface area is 86.5 Å². The van der Waals surface area contributed by atoms with E-state index in [9.17, 15) is 4.79 Å². The Morgan fingerprint density at radius 3 is 3.07 bits per heavy atom. The van der Waals surface area contributed by atoms with E-state index in [1.54, 1.807) is 6.92 Å². The lowest BCUT2D eigenvalue weighted by molar-refractivity contribution is 0.0947. The normalized spacial score (nSPS) is 11.5. The van der Waals surface area contributed by atoms with E-state index in [4.69, 9.17) is 16.9 Å². The summed E-state index contributed by atoms with van der Waals surface area (Å²) in [7, 11) is 0. The second-order valence-electron chi connectivity index (χ2n) is 2.68. The van der Waals surface area contributed by atoms with E-state index in [-0.39, 0.29) is 5.56 Å². The molecule has 1 unspecified atom stereocenters. The molecule has 1 N–H and O–H groups in total. The minimum atomic E-state index is -0.543.